The first-order chi connectivity index (χ1) is 18.4. The number of hydrogen-bond acceptors (Lipinski definition) is 2. The second-order valence-corrected chi connectivity index (χ2v) is 8.04. The van der Waals surface area contributed by atoms with Crippen molar-refractivity contribution in [3.05, 3.63) is 0 Å². The van der Waals surface area contributed by atoms with Crippen LogP contribution in [0.4, 0.5) is 123 Å². The highest BCUT2D eigenvalue weighted by atomic mass is 19.5. The molecule has 0 aromatic carbocycles. The molecule has 0 N–H and O–H groups in total. The first kappa shape index (κ1) is 40.0. The normalized spacial score (nSPS) is 24.3. The lowest BCUT2D eigenvalue weighted by molar-refractivity contribution is -0.617. The molecule has 1 fully saturated rings. The molecular weight excluding hydrogens is 732 g/mol. The molecule has 0 aliphatic heterocycles. The minimum Gasteiger partial charge on any atom is -0.308 e. The van der Waals surface area contributed by atoms with Gasteiger partial charge in [0.05, 0.1) is 0 Å². The van der Waals surface area contributed by atoms with E-state index in [0.29, 0.717) is 0 Å². The van der Waals surface area contributed by atoms with E-state index in [1.807, 2.05) is 0 Å². The predicted octanol–water partition coefficient (Wildman–Crippen LogP) is 8.76. The molecule has 1 aliphatic carbocycles. The summed E-state index contributed by atoms with van der Waals surface area (Å²) in [6, 6.07) is 0. The molecule has 0 aromatic heterocycles. The van der Waals surface area contributed by atoms with E-state index in [9.17, 15) is 123 Å². The van der Waals surface area contributed by atoms with Gasteiger partial charge >= 0.3 is 83.7 Å². The Bertz CT molecular complexity index is 916. The number of rotatable bonds is 4. The molecule has 1 rings (SSSR count). The van der Waals surface area contributed by atoms with Gasteiger partial charge in [0.1, 0.15) is 0 Å². The molecule has 0 atom stereocenters. The molecular formula is C14F28O2. The van der Waals surface area contributed by atoms with Crippen LogP contribution in [0, 0.1) is 0 Å². The van der Waals surface area contributed by atoms with Gasteiger partial charge in [0.15, 0.2) is 0 Å². The third-order valence-corrected chi connectivity index (χ3v) is 5.39. The van der Waals surface area contributed by atoms with E-state index >= 15 is 0 Å². The molecule has 0 spiro atoms. The summed E-state index contributed by atoms with van der Waals surface area (Å²) < 4.78 is 379. The lowest BCUT2D eigenvalue weighted by atomic mass is 9.76. The van der Waals surface area contributed by atoms with Gasteiger partial charge in [0, 0.05) is 0 Å². The number of halogens is 28. The van der Waals surface area contributed by atoms with Gasteiger partial charge < -0.3 is 9.47 Å². The summed E-state index contributed by atoms with van der Waals surface area (Å²) in [5, 5.41) is 0. The molecule has 0 saturated heterocycles. The van der Waals surface area contributed by atoms with Crippen LogP contribution in [0.25, 0.3) is 0 Å². The predicted molar refractivity (Wildman–Crippen MR) is 71.4 cm³/mol. The van der Waals surface area contributed by atoms with Gasteiger partial charge in [-0.15, -0.1) is 0 Å². The fourth-order valence-corrected chi connectivity index (χ4v) is 3.22. The highest BCUT2D eigenvalue weighted by Crippen LogP contribution is 2.74. The van der Waals surface area contributed by atoms with Crippen molar-refractivity contribution in [3.63, 3.8) is 0 Å². The molecule has 0 bridgehead atoms. The van der Waals surface area contributed by atoms with Gasteiger partial charge in [-0.25, -0.2) is 0 Å². The van der Waals surface area contributed by atoms with Crippen molar-refractivity contribution in [3.8, 4) is 0 Å². The maximum atomic E-state index is 14.5. The first-order valence-electron chi connectivity index (χ1n) is 9.11. The standard InChI is InChI=1S/C14F28O2/c15-3(16)4(17,18)6(21,22)8(7(23,24)5(3,19)20,43-1(9(25,26)27,10(28,29)30)11(31,32)33)44-2(12(34,35)36,13(37,38)39)14(40,41)42. The minimum atomic E-state index is -9.96. The molecule has 264 valence electrons. The molecule has 2 nitrogen and oxygen atoms in total. The highest BCUT2D eigenvalue weighted by Gasteiger charge is 3.06. The Morgan fingerprint density at radius 3 is 0.523 bits per heavy atom. The van der Waals surface area contributed by atoms with Crippen LogP contribution in [-0.2, 0) is 9.47 Å². The fraction of sp³-hybridized carbons (Fsp3) is 1.00. The topological polar surface area (TPSA) is 18.5 Å². The van der Waals surface area contributed by atoms with Gasteiger partial charge in [-0.2, -0.15) is 123 Å². The SMILES string of the molecule is FC(F)(F)C(OC1(OC(C(F)(F)F)(C(F)(F)F)C(F)(F)F)C(F)(F)C(F)(F)C(F)(F)C(F)(F)C1(F)F)(C(F)(F)F)C(F)(F)F. The Morgan fingerprint density at radius 2 is 0.386 bits per heavy atom. The van der Waals surface area contributed by atoms with Crippen molar-refractivity contribution >= 4 is 0 Å². The molecule has 0 heterocycles. The second-order valence-electron chi connectivity index (χ2n) is 8.04. The summed E-state index contributed by atoms with van der Waals surface area (Å²) >= 11 is 0. The maximum absolute atomic E-state index is 14.5. The van der Waals surface area contributed by atoms with E-state index in [4.69, 9.17) is 0 Å². The van der Waals surface area contributed by atoms with Crippen LogP contribution >= 0.6 is 0 Å². The van der Waals surface area contributed by atoms with E-state index in [0.717, 1.165) is 9.47 Å². The largest absolute Gasteiger partial charge is 0.435 e. The molecule has 0 amide bonds. The number of alkyl halides is 28. The average Bonchev–Trinajstić information content (AvgIpc) is 2.66. The molecule has 30 heteroatoms. The quantitative estimate of drug-likeness (QED) is 0.213. The van der Waals surface area contributed by atoms with Crippen molar-refractivity contribution in [2.24, 2.45) is 0 Å². The van der Waals surface area contributed by atoms with Crippen molar-refractivity contribution in [2.45, 2.75) is 83.7 Å². The van der Waals surface area contributed by atoms with Crippen LogP contribution in [0.2, 0.25) is 0 Å². The first-order valence-corrected chi connectivity index (χ1v) is 9.11. The Balaban J connectivity index is 4.98. The van der Waals surface area contributed by atoms with Crippen molar-refractivity contribution in [1.29, 1.82) is 0 Å². The van der Waals surface area contributed by atoms with Crippen molar-refractivity contribution < 1.29 is 132 Å². The van der Waals surface area contributed by atoms with Crippen LogP contribution in [0.1, 0.15) is 0 Å². The summed E-state index contributed by atoms with van der Waals surface area (Å²) in [5.74, 6) is -56.8. The Labute approximate surface area is 217 Å². The van der Waals surface area contributed by atoms with Gasteiger partial charge in [0.2, 0.25) is 0 Å². The molecule has 0 unspecified atom stereocenters. The van der Waals surface area contributed by atoms with E-state index in [-0.39, 0.29) is 0 Å². The summed E-state index contributed by atoms with van der Waals surface area (Å²) in [6.07, 6.45) is -54.9. The van der Waals surface area contributed by atoms with Crippen molar-refractivity contribution in [1.82, 2.24) is 0 Å². The Hall–Kier alpha value is -2.04. The van der Waals surface area contributed by atoms with E-state index in [1.54, 1.807) is 0 Å². The zero-order valence-corrected chi connectivity index (χ0v) is 18.4. The van der Waals surface area contributed by atoms with Gasteiger partial charge in [0.25, 0.3) is 0 Å². The Kier molecular flexibility index (Phi) is 8.43. The zero-order valence-electron chi connectivity index (χ0n) is 18.4. The molecule has 1 aliphatic rings. The lowest BCUT2D eigenvalue weighted by Crippen LogP contribution is -2.90. The van der Waals surface area contributed by atoms with Crippen LogP contribution in [-0.4, -0.2) is 83.7 Å². The highest BCUT2D eigenvalue weighted by molar-refractivity contribution is 5.27. The monoisotopic (exact) mass is 732 g/mol. The van der Waals surface area contributed by atoms with E-state index in [1.165, 1.54) is 0 Å². The maximum Gasteiger partial charge on any atom is 0.435 e. The zero-order chi connectivity index (χ0) is 36.4. The van der Waals surface area contributed by atoms with Crippen LogP contribution in [0.5, 0.6) is 0 Å². The Morgan fingerprint density at radius 1 is 0.250 bits per heavy atom. The number of hydrogen-bond donors (Lipinski definition) is 0. The van der Waals surface area contributed by atoms with Crippen LogP contribution in [0.15, 0.2) is 0 Å². The lowest BCUT2D eigenvalue weighted by Gasteiger charge is -2.58. The van der Waals surface area contributed by atoms with Crippen molar-refractivity contribution in [2.75, 3.05) is 0 Å². The van der Waals surface area contributed by atoms with E-state index < -0.39 is 83.7 Å². The molecule has 44 heavy (non-hydrogen) atoms. The van der Waals surface area contributed by atoms with Gasteiger partial charge in [-0.05, 0) is 0 Å². The third-order valence-electron chi connectivity index (χ3n) is 5.39. The average molecular weight is 732 g/mol. The minimum absolute atomic E-state index is 0.906. The smallest absolute Gasteiger partial charge is 0.308 e. The summed E-state index contributed by atoms with van der Waals surface area (Å²) in [5.41, 5.74) is -19.1. The van der Waals surface area contributed by atoms with Crippen LogP contribution in [0.3, 0.4) is 0 Å². The number of ether oxygens (including phenoxy) is 2. The summed E-state index contributed by atoms with van der Waals surface area (Å²) in [7, 11) is 0. The molecule has 1 saturated carbocycles. The fourth-order valence-electron chi connectivity index (χ4n) is 3.22. The third kappa shape index (κ3) is 4.36. The van der Waals surface area contributed by atoms with Gasteiger partial charge in [-0.3, -0.25) is 0 Å². The summed E-state index contributed by atoms with van der Waals surface area (Å²) in [6.45, 7) is 0. The van der Waals surface area contributed by atoms with Crippen LogP contribution < -0.4 is 0 Å². The second kappa shape index (κ2) is 9.28. The molecule has 0 aromatic rings. The summed E-state index contributed by atoms with van der Waals surface area (Å²) in [4.78, 5) is 0. The van der Waals surface area contributed by atoms with Gasteiger partial charge in [-0.1, -0.05) is 0 Å². The van der Waals surface area contributed by atoms with E-state index in [2.05, 4.69) is 0 Å². The molecule has 0 radical (unpaired) electrons.